The SMILES string of the molecule is CCCCCCCC[C@@H]1[C@@H](CCCc2ccc(C(=O)O)s2)[C@@H](Cl)C[C@H]1O. The van der Waals surface area contributed by atoms with Gasteiger partial charge in [-0.3, -0.25) is 0 Å². The van der Waals surface area contributed by atoms with Gasteiger partial charge in [-0.05, 0) is 56.1 Å². The molecule has 1 aliphatic rings. The lowest BCUT2D eigenvalue weighted by atomic mass is 9.85. The number of aromatic carboxylic acids is 1. The van der Waals surface area contributed by atoms with Gasteiger partial charge in [0.2, 0.25) is 0 Å². The summed E-state index contributed by atoms with van der Waals surface area (Å²) in [6.45, 7) is 2.23. The Labute approximate surface area is 166 Å². The molecule has 0 amide bonds. The quantitative estimate of drug-likeness (QED) is 0.328. The van der Waals surface area contributed by atoms with E-state index in [1.807, 2.05) is 6.07 Å². The molecule has 1 aromatic heterocycles. The summed E-state index contributed by atoms with van der Waals surface area (Å²) in [6, 6.07) is 3.61. The molecule has 0 aromatic carbocycles. The fourth-order valence-electron chi connectivity index (χ4n) is 4.23. The molecule has 0 aliphatic heterocycles. The van der Waals surface area contributed by atoms with Gasteiger partial charge in [0.05, 0.1) is 6.10 Å². The van der Waals surface area contributed by atoms with Crippen LogP contribution in [0.4, 0.5) is 0 Å². The van der Waals surface area contributed by atoms with Gasteiger partial charge in [-0.2, -0.15) is 0 Å². The van der Waals surface area contributed by atoms with Crippen LogP contribution in [0.2, 0.25) is 0 Å². The lowest BCUT2D eigenvalue weighted by molar-refractivity contribution is 0.0702. The van der Waals surface area contributed by atoms with E-state index in [9.17, 15) is 9.90 Å². The van der Waals surface area contributed by atoms with Gasteiger partial charge in [0.1, 0.15) is 4.88 Å². The van der Waals surface area contributed by atoms with E-state index in [1.165, 1.54) is 49.9 Å². The number of aryl methyl sites for hydroxylation is 1. The Morgan fingerprint density at radius 2 is 1.81 bits per heavy atom. The zero-order valence-corrected chi connectivity index (χ0v) is 17.4. The predicted molar refractivity (Wildman–Crippen MR) is 109 cm³/mol. The van der Waals surface area contributed by atoms with Crippen LogP contribution >= 0.6 is 22.9 Å². The molecule has 2 N–H and O–H groups in total. The van der Waals surface area contributed by atoms with Gasteiger partial charge in [-0.1, -0.05) is 45.4 Å². The Hall–Kier alpha value is -0.580. The number of aliphatic hydroxyl groups is 1. The highest BCUT2D eigenvalue weighted by atomic mass is 35.5. The molecule has 148 valence electrons. The van der Waals surface area contributed by atoms with E-state index in [-0.39, 0.29) is 11.5 Å². The number of carboxylic acid groups (broad SMARTS) is 1. The Morgan fingerprint density at radius 1 is 1.12 bits per heavy atom. The van der Waals surface area contributed by atoms with Crippen molar-refractivity contribution in [2.75, 3.05) is 0 Å². The molecule has 5 heteroatoms. The maximum absolute atomic E-state index is 11.0. The number of thiophene rings is 1. The highest BCUT2D eigenvalue weighted by molar-refractivity contribution is 7.13. The van der Waals surface area contributed by atoms with Crippen molar-refractivity contribution in [3.63, 3.8) is 0 Å². The van der Waals surface area contributed by atoms with Crippen LogP contribution in [0, 0.1) is 11.8 Å². The first-order valence-corrected chi connectivity index (χ1v) is 11.4. The molecular formula is C21H33ClO3S. The molecule has 3 nitrogen and oxygen atoms in total. The van der Waals surface area contributed by atoms with Crippen molar-refractivity contribution < 1.29 is 15.0 Å². The van der Waals surface area contributed by atoms with E-state index in [2.05, 4.69) is 6.92 Å². The lowest BCUT2D eigenvalue weighted by Crippen LogP contribution is -2.21. The van der Waals surface area contributed by atoms with E-state index >= 15 is 0 Å². The van der Waals surface area contributed by atoms with Gasteiger partial charge >= 0.3 is 5.97 Å². The molecule has 0 radical (unpaired) electrons. The van der Waals surface area contributed by atoms with Gasteiger partial charge in [-0.25, -0.2) is 4.79 Å². The number of aliphatic hydroxyl groups excluding tert-OH is 1. The zero-order chi connectivity index (χ0) is 18.9. The van der Waals surface area contributed by atoms with Gasteiger partial charge in [0.25, 0.3) is 0 Å². The first-order chi connectivity index (χ1) is 12.5. The zero-order valence-electron chi connectivity index (χ0n) is 15.8. The van der Waals surface area contributed by atoms with Crippen molar-refractivity contribution in [2.24, 2.45) is 11.8 Å². The summed E-state index contributed by atoms with van der Waals surface area (Å²) in [6.07, 6.45) is 12.2. The number of unbranched alkanes of at least 4 members (excludes halogenated alkanes) is 5. The molecule has 1 aromatic rings. The van der Waals surface area contributed by atoms with Crippen LogP contribution in [-0.2, 0) is 6.42 Å². The van der Waals surface area contributed by atoms with Crippen LogP contribution in [0.15, 0.2) is 12.1 Å². The number of carbonyl (C=O) groups is 1. The highest BCUT2D eigenvalue weighted by Crippen LogP contribution is 2.42. The standard InChI is InChI=1S/C21H33ClO3S/c1-2-3-4-5-6-7-10-17-16(18(22)14-19(17)23)11-8-9-15-12-13-20(26-15)21(24)25/h12-13,16-19,23H,2-11,14H2,1H3,(H,24,25)/t16-,17-,18+,19-/m1/s1. The first-order valence-electron chi connectivity index (χ1n) is 10.2. The minimum absolute atomic E-state index is 0.0769. The van der Waals surface area contributed by atoms with E-state index in [0.29, 0.717) is 16.7 Å². The Kier molecular flexibility index (Phi) is 9.44. The largest absolute Gasteiger partial charge is 0.477 e. The minimum Gasteiger partial charge on any atom is -0.477 e. The van der Waals surface area contributed by atoms with Crippen LogP contribution in [0.3, 0.4) is 0 Å². The molecule has 0 saturated heterocycles. The molecule has 1 heterocycles. The Balaban J connectivity index is 1.74. The molecule has 1 aliphatic carbocycles. The number of hydrogen-bond donors (Lipinski definition) is 2. The maximum atomic E-state index is 11.0. The smallest absolute Gasteiger partial charge is 0.345 e. The Morgan fingerprint density at radius 3 is 2.50 bits per heavy atom. The third-order valence-corrected chi connectivity index (χ3v) is 7.33. The number of hydrogen-bond acceptors (Lipinski definition) is 3. The lowest BCUT2D eigenvalue weighted by Gasteiger charge is -2.23. The van der Waals surface area contributed by atoms with Crippen molar-refractivity contribution in [1.82, 2.24) is 0 Å². The maximum Gasteiger partial charge on any atom is 0.345 e. The van der Waals surface area contributed by atoms with E-state index in [0.717, 1.165) is 37.0 Å². The second-order valence-corrected chi connectivity index (χ2v) is 9.40. The van der Waals surface area contributed by atoms with Crippen LogP contribution in [-0.4, -0.2) is 27.7 Å². The fraction of sp³-hybridized carbons (Fsp3) is 0.762. The summed E-state index contributed by atoms with van der Waals surface area (Å²) in [4.78, 5) is 12.5. The summed E-state index contributed by atoms with van der Waals surface area (Å²) >= 11 is 7.91. The second kappa shape index (κ2) is 11.3. The summed E-state index contributed by atoms with van der Waals surface area (Å²) in [5.74, 6) is -0.122. The van der Waals surface area contributed by atoms with Crippen molar-refractivity contribution in [3.05, 3.63) is 21.9 Å². The van der Waals surface area contributed by atoms with Gasteiger partial charge in [0, 0.05) is 10.3 Å². The summed E-state index contributed by atoms with van der Waals surface area (Å²) in [5, 5.41) is 19.5. The average molecular weight is 401 g/mol. The van der Waals surface area contributed by atoms with E-state index < -0.39 is 5.97 Å². The van der Waals surface area contributed by atoms with Crippen molar-refractivity contribution >= 4 is 28.9 Å². The third kappa shape index (κ3) is 6.54. The number of carboxylic acids is 1. The monoisotopic (exact) mass is 400 g/mol. The number of alkyl halides is 1. The van der Waals surface area contributed by atoms with Gasteiger partial charge in [-0.15, -0.1) is 22.9 Å². The summed E-state index contributed by atoms with van der Waals surface area (Å²) in [7, 11) is 0. The van der Waals surface area contributed by atoms with Crippen LogP contribution in [0.5, 0.6) is 0 Å². The van der Waals surface area contributed by atoms with Crippen LogP contribution in [0.25, 0.3) is 0 Å². The van der Waals surface area contributed by atoms with Crippen molar-refractivity contribution in [1.29, 1.82) is 0 Å². The molecule has 0 unspecified atom stereocenters. The van der Waals surface area contributed by atoms with Crippen LogP contribution in [0.1, 0.15) is 85.7 Å². The molecule has 1 saturated carbocycles. The molecular weight excluding hydrogens is 368 g/mol. The predicted octanol–water partition coefficient (Wildman–Crippen LogP) is 6.12. The Bertz CT molecular complexity index is 545. The highest BCUT2D eigenvalue weighted by Gasteiger charge is 2.40. The summed E-state index contributed by atoms with van der Waals surface area (Å²) < 4.78 is 0. The normalized spacial score (nSPS) is 25.7. The van der Waals surface area contributed by atoms with Gasteiger partial charge < -0.3 is 10.2 Å². The summed E-state index contributed by atoms with van der Waals surface area (Å²) in [5.41, 5.74) is 0. The number of halogens is 1. The molecule has 0 bridgehead atoms. The van der Waals surface area contributed by atoms with E-state index in [1.54, 1.807) is 6.07 Å². The molecule has 4 atom stereocenters. The molecule has 26 heavy (non-hydrogen) atoms. The molecule has 1 fully saturated rings. The third-order valence-electron chi connectivity index (χ3n) is 5.70. The average Bonchev–Trinajstić information content (AvgIpc) is 3.17. The fourth-order valence-corrected chi connectivity index (χ4v) is 5.62. The van der Waals surface area contributed by atoms with E-state index in [4.69, 9.17) is 16.7 Å². The second-order valence-electron chi connectivity index (χ2n) is 7.67. The number of rotatable bonds is 12. The molecule has 2 rings (SSSR count). The van der Waals surface area contributed by atoms with Crippen molar-refractivity contribution in [2.45, 2.75) is 89.0 Å². The molecule has 0 spiro atoms. The first kappa shape index (κ1) is 21.7. The van der Waals surface area contributed by atoms with Crippen LogP contribution < -0.4 is 0 Å². The van der Waals surface area contributed by atoms with Crippen molar-refractivity contribution in [3.8, 4) is 0 Å². The topological polar surface area (TPSA) is 57.5 Å². The van der Waals surface area contributed by atoms with Gasteiger partial charge in [0.15, 0.2) is 0 Å². The minimum atomic E-state index is -0.847.